The molecule has 0 spiro atoms. The van der Waals surface area contributed by atoms with Gasteiger partial charge in [0.2, 0.25) is 0 Å². The van der Waals surface area contributed by atoms with E-state index in [2.05, 4.69) is 29.0 Å². The van der Waals surface area contributed by atoms with Gasteiger partial charge in [-0.1, -0.05) is 37.6 Å². The predicted molar refractivity (Wildman–Crippen MR) is 71.6 cm³/mol. The van der Waals surface area contributed by atoms with Crippen LogP contribution in [0.5, 0.6) is 0 Å². The topological polar surface area (TPSA) is 42.9 Å². The van der Waals surface area contributed by atoms with Crippen LogP contribution < -0.4 is 0 Å². The van der Waals surface area contributed by atoms with Crippen molar-refractivity contribution >= 4 is 6.29 Å². The highest BCUT2D eigenvalue weighted by Crippen LogP contribution is 2.18. The third-order valence-corrected chi connectivity index (χ3v) is 2.77. The summed E-state index contributed by atoms with van der Waals surface area (Å²) in [7, 11) is 0. The fourth-order valence-electron chi connectivity index (χ4n) is 1.92. The molecule has 0 saturated carbocycles. The third-order valence-electron chi connectivity index (χ3n) is 2.77. The lowest BCUT2D eigenvalue weighted by atomic mass is 10.1. The number of nitrogens with zero attached hydrogens (tertiary/aromatic N) is 2. The van der Waals surface area contributed by atoms with Crippen molar-refractivity contribution in [3.63, 3.8) is 0 Å². The van der Waals surface area contributed by atoms with E-state index < -0.39 is 0 Å². The largest absolute Gasteiger partial charge is 0.294 e. The molecular formula is C15H16N2O. The number of hydrogen-bond acceptors (Lipinski definition) is 3. The van der Waals surface area contributed by atoms with Gasteiger partial charge < -0.3 is 0 Å². The first-order valence-corrected chi connectivity index (χ1v) is 6.13. The van der Waals surface area contributed by atoms with E-state index in [0.29, 0.717) is 6.29 Å². The number of aromatic nitrogens is 2. The minimum Gasteiger partial charge on any atom is -0.294 e. The van der Waals surface area contributed by atoms with E-state index >= 15 is 0 Å². The second kappa shape index (κ2) is 5.54. The molecule has 0 amide bonds. The van der Waals surface area contributed by atoms with Crippen molar-refractivity contribution in [3.8, 4) is 11.3 Å². The van der Waals surface area contributed by atoms with Crippen LogP contribution in [0.3, 0.4) is 0 Å². The number of hydrogen-bond donors (Lipinski definition) is 0. The summed E-state index contributed by atoms with van der Waals surface area (Å²) in [6.07, 6.45) is 2.91. The molecule has 0 atom stereocenters. The molecule has 0 bridgehead atoms. The molecule has 0 fully saturated rings. The zero-order valence-electron chi connectivity index (χ0n) is 10.7. The van der Waals surface area contributed by atoms with Gasteiger partial charge in [-0.25, -0.2) is 9.97 Å². The van der Waals surface area contributed by atoms with Crippen molar-refractivity contribution < 1.29 is 4.79 Å². The zero-order chi connectivity index (χ0) is 13.0. The molecule has 2 rings (SSSR count). The van der Waals surface area contributed by atoms with E-state index in [4.69, 9.17) is 0 Å². The monoisotopic (exact) mass is 240 g/mol. The summed E-state index contributed by atoms with van der Waals surface area (Å²) in [6.45, 7) is 4.03. The molecule has 1 aromatic carbocycles. The van der Waals surface area contributed by atoms with Gasteiger partial charge in [0.1, 0.15) is 0 Å². The standard InChI is InChI=1S/C15H16N2O/c1-3-4-12-5-7-13(8-6-12)14-9-11(2)16-15(10-18)17-14/h5-10H,3-4H2,1-2H3. The first-order chi connectivity index (χ1) is 8.72. The van der Waals surface area contributed by atoms with Gasteiger partial charge in [-0.2, -0.15) is 0 Å². The summed E-state index contributed by atoms with van der Waals surface area (Å²) in [4.78, 5) is 19.0. The molecule has 1 aromatic heterocycles. The normalized spacial score (nSPS) is 10.3. The summed E-state index contributed by atoms with van der Waals surface area (Å²) in [5.41, 5.74) is 3.94. The number of carbonyl (C=O) groups is 1. The van der Waals surface area contributed by atoms with Gasteiger partial charge >= 0.3 is 0 Å². The molecular weight excluding hydrogens is 224 g/mol. The number of rotatable bonds is 4. The molecule has 0 unspecified atom stereocenters. The van der Waals surface area contributed by atoms with Crippen molar-refractivity contribution in [1.82, 2.24) is 9.97 Å². The Labute approximate surface area is 107 Å². The van der Waals surface area contributed by atoms with Gasteiger partial charge in [0.15, 0.2) is 12.1 Å². The Bertz CT molecular complexity index is 547. The molecule has 1 heterocycles. The smallest absolute Gasteiger partial charge is 0.193 e. The molecule has 18 heavy (non-hydrogen) atoms. The summed E-state index contributed by atoms with van der Waals surface area (Å²) in [5.74, 6) is 0.239. The molecule has 0 aliphatic rings. The first kappa shape index (κ1) is 12.4. The Morgan fingerprint density at radius 3 is 2.50 bits per heavy atom. The predicted octanol–water partition coefficient (Wildman–Crippen LogP) is 3.22. The maximum absolute atomic E-state index is 10.8. The lowest BCUT2D eigenvalue weighted by Crippen LogP contribution is -1.97. The van der Waals surface area contributed by atoms with Gasteiger partial charge in [-0.05, 0) is 25.0 Å². The van der Waals surface area contributed by atoms with Crippen LogP contribution in [0.25, 0.3) is 11.3 Å². The lowest BCUT2D eigenvalue weighted by molar-refractivity contribution is 0.111. The Morgan fingerprint density at radius 2 is 1.89 bits per heavy atom. The van der Waals surface area contributed by atoms with E-state index in [9.17, 15) is 4.79 Å². The van der Waals surface area contributed by atoms with Crippen molar-refractivity contribution in [3.05, 3.63) is 47.4 Å². The van der Waals surface area contributed by atoms with Crippen molar-refractivity contribution in [2.24, 2.45) is 0 Å². The van der Waals surface area contributed by atoms with Crippen LogP contribution in [-0.2, 0) is 6.42 Å². The van der Waals surface area contributed by atoms with E-state index in [1.807, 2.05) is 25.1 Å². The minimum absolute atomic E-state index is 0.239. The van der Waals surface area contributed by atoms with Gasteiger partial charge in [-0.15, -0.1) is 0 Å². The van der Waals surface area contributed by atoms with Crippen LogP contribution in [0, 0.1) is 6.92 Å². The van der Waals surface area contributed by atoms with Gasteiger partial charge in [0.05, 0.1) is 5.69 Å². The third kappa shape index (κ3) is 2.80. The van der Waals surface area contributed by atoms with Crippen LogP contribution in [0.4, 0.5) is 0 Å². The molecule has 3 nitrogen and oxygen atoms in total. The summed E-state index contributed by atoms with van der Waals surface area (Å²) in [6, 6.07) is 10.2. The van der Waals surface area contributed by atoms with Crippen LogP contribution in [0.2, 0.25) is 0 Å². The molecule has 0 aliphatic heterocycles. The highest BCUT2D eigenvalue weighted by Gasteiger charge is 2.04. The van der Waals surface area contributed by atoms with E-state index in [0.717, 1.165) is 29.8 Å². The lowest BCUT2D eigenvalue weighted by Gasteiger charge is -2.04. The summed E-state index contributed by atoms with van der Waals surface area (Å²) >= 11 is 0. The molecule has 0 radical (unpaired) electrons. The molecule has 0 aliphatic carbocycles. The van der Waals surface area contributed by atoms with Gasteiger partial charge in [-0.3, -0.25) is 4.79 Å². The summed E-state index contributed by atoms with van der Waals surface area (Å²) in [5, 5.41) is 0. The quantitative estimate of drug-likeness (QED) is 0.771. The van der Waals surface area contributed by atoms with Crippen molar-refractivity contribution in [1.29, 1.82) is 0 Å². The Hall–Kier alpha value is -2.03. The molecule has 0 N–H and O–H groups in total. The Morgan fingerprint density at radius 1 is 1.17 bits per heavy atom. The van der Waals surface area contributed by atoms with Crippen LogP contribution in [0.15, 0.2) is 30.3 Å². The second-order valence-corrected chi connectivity index (χ2v) is 4.32. The van der Waals surface area contributed by atoms with Crippen LogP contribution in [-0.4, -0.2) is 16.3 Å². The highest BCUT2D eigenvalue weighted by molar-refractivity contribution is 5.71. The minimum atomic E-state index is 0.239. The van der Waals surface area contributed by atoms with Crippen molar-refractivity contribution in [2.45, 2.75) is 26.7 Å². The summed E-state index contributed by atoms with van der Waals surface area (Å²) < 4.78 is 0. The number of aryl methyl sites for hydroxylation is 2. The van der Waals surface area contributed by atoms with Crippen LogP contribution in [0.1, 0.15) is 35.2 Å². The first-order valence-electron chi connectivity index (χ1n) is 6.13. The molecule has 2 aromatic rings. The zero-order valence-corrected chi connectivity index (χ0v) is 10.7. The Kier molecular flexibility index (Phi) is 3.82. The van der Waals surface area contributed by atoms with E-state index in [1.165, 1.54) is 5.56 Å². The Balaban J connectivity index is 2.35. The van der Waals surface area contributed by atoms with Gasteiger partial charge in [0, 0.05) is 11.3 Å². The maximum Gasteiger partial charge on any atom is 0.193 e. The van der Waals surface area contributed by atoms with E-state index in [-0.39, 0.29) is 5.82 Å². The molecule has 3 heteroatoms. The maximum atomic E-state index is 10.8. The van der Waals surface area contributed by atoms with Gasteiger partial charge in [0.25, 0.3) is 0 Å². The fourth-order valence-corrected chi connectivity index (χ4v) is 1.92. The second-order valence-electron chi connectivity index (χ2n) is 4.32. The van der Waals surface area contributed by atoms with Crippen LogP contribution >= 0.6 is 0 Å². The molecule has 0 saturated heterocycles. The average molecular weight is 240 g/mol. The number of aldehydes is 1. The number of benzene rings is 1. The SMILES string of the molecule is CCCc1ccc(-c2cc(C)nc(C=O)n2)cc1. The number of carbonyl (C=O) groups excluding carboxylic acids is 1. The fraction of sp³-hybridized carbons (Fsp3) is 0.267. The van der Waals surface area contributed by atoms with E-state index in [1.54, 1.807) is 0 Å². The average Bonchev–Trinajstić information content (AvgIpc) is 2.39. The highest BCUT2D eigenvalue weighted by atomic mass is 16.1. The van der Waals surface area contributed by atoms with Crippen molar-refractivity contribution in [2.75, 3.05) is 0 Å². The molecule has 92 valence electrons.